The lowest BCUT2D eigenvalue weighted by molar-refractivity contribution is 0.249. The fourth-order valence-electron chi connectivity index (χ4n) is 3.14. The van der Waals surface area contributed by atoms with Gasteiger partial charge in [-0.1, -0.05) is 35.9 Å². The molecule has 1 aliphatic heterocycles. The molecule has 1 saturated heterocycles. The van der Waals surface area contributed by atoms with E-state index in [0.29, 0.717) is 0 Å². The minimum absolute atomic E-state index is 1.07. The Hall–Kier alpha value is -1.80. The van der Waals surface area contributed by atoms with Crippen molar-refractivity contribution in [3.8, 4) is 0 Å². The molecular formula is C20H25N2. The van der Waals surface area contributed by atoms with Crippen LogP contribution in [0.3, 0.4) is 0 Å². The summed E-state index contributed by atoms with van der Waals surface area (Å²) in [4.78, 5) is 5.03. The Morgan fingerprint density at radius 3 is 2.23 bits per heavy atom. The Labute approximate surface area is 134 Å². The lowest BCUT2D eigenvalue weighted by Crippen LogP contribution is -2.46. The number of hydrogen-bond donors (Lipinski definition) is 0. The molecule has 2 aromatic carbocycles. The highest BCUT2D eigenvalue weighted by Crippen LogP contribution is 2.19. The summed E-state index contributed by atoms with van der Waals surface area (Å²) in [6.45, 7) is 13.8. The summed E-state index contributed by atoms with van der Waals surface area (Å²) in [7, 11) is 0. The van der Waals surface area contributed by atoms with Crippen LogP contribution < -0.4 is 4.90 Å². The zero-order chi connectivity index (χ0) is 15.5. The van der Waals surface area contributed by atoms with E-state index in [1.165, 1.54) is 22.4 Å². The van der Waals surface area contributed by atoms with Gasteiger partial charge in [0.05, 0.1) is 0 Å². The van der Waals surface area contributed by atoms with E-state index in [4.69, 9.17) is 0 Å². The van der Waals surface area contributed by atoms with Gasteiger partial charge in [0.1, 0.15) is 0 Å². The molecule has 0 aromatic heterocycles. The lowest BCUT2D eigenvalue weighted by Gasteiger charge is -2.36. The molecule has 2 aromatic rings. The number of nitrogens with zero attached hydrogens (tertiary/aromatic N) is 2. The van der Waals surface area contributed by atoms with Gasteiger partial charge in [0.25, 0.3) is 0 Å². The third-order valence-electron chi connectivity index (χ3n) is 4.57. The van der Waals surface area contributed by atoms with Crippen LogP contribution in [0.1, 0.15) is 22.3 Å². The van der Waals surface area contributed by atoms with Crippen molar-refractivity contribution in [1.82, 2.24) is 4.90 Å². The van der Waals surface area contributed by atoms with Crippen LogP contribution in [-0.4, -0.2) is 31.1 Å². The molecular weight excluding hydrogens is 268 g/mol. The van der Waals surface area contributed by atoms with E-state index >= 15 is 0 Å². The first-order valence-corrected chi connectivity index (χ1v) is 8.07. The molecule has 0 bridgehead atoms. The number of aryl methyl sites for hydroxylation is 2. The highest BCUT2D eigenvalue weighted by atomic mass is 15.3. The van der Waals surface area contributed by atoms with Crippen LogP contribution in [-0.2, 0) is 6.54 Å². The number of benzene rings is 2. The predicted molar refractivity (Wildman–Crippen MR) is 94.3 cm³/mol. The van der Waals surface area contributed by atoms with Gasteiger partial charge in [-0.25, -0.2) is 0 Å². The second-order valence-electron chi connectivity index (χ2n) is 6.36. The lowest BCUT2D eigenvalue weighted by atomic mass is 10.0. The predicted octanol–water partition coefficient (Wildman–Crippen LogP) is 3.81. The molecule has 2 nitrogen and oxygen atoms in total. The molecule has 1 radical (unpaired) electrons. The van der Waals surface area contributed by atoms with Crippen molar-refractivity contribution in [2.45, 2.75) is 20.4 Å². The molecule has 0 unspecified atom stereocenters. The number of piperazine rings is 1. The minimum atomic E-state index is 1.07. The van der Waals surface area contributed by atoms with E-state index in [1.54, 1.807) is 0 Å². The highest BCUT2D eigenvalue weighted by molar-refractivity contribution is 5.48. The van der Waals surface area contributed by atoms with Crippen molar-refractivity contribution in [3.63, 3.8) is 0 Å². The Bertz CT molecular complexity index is 623. The van der Waals surface area contributed by atoms with E-state index < -0.39 is 0 Å². The van der Waals surface area contributed by atoms with Gasteiger partial charge in [0, 0.05) is 38.4 Å². The van der Waals surface area contributed by atoms with Gasteiger partial charge in [-0.2, -0.15) is 0 Å². The largest absolute Gasteiger partial charge is 0.369 e. The van der Waals surface area contributed by atoms with Crippen LogP contribution in [0.25, 0.3) is 0 Å². The highest BCUT2D eigenvalue weighted by Gasteiger charge is 2.17. The van der Waals surface area contributed by atoms with Gasteiger partial charge in [0.15, 0.2) is 0 Å². The standard InChI is InChI=1S/C20H25N2/c1-16-5-8-20(9-6-16)22-12-10-21(11-13-22)15-19-7-4-17(2)14-18(19)3/h4-9,14H,1,10-13,15H2,2-3H3. The quantitative estimate of drug-likeness (QED) is 0.849. The van der Waals surface area contributed by atoms with Crippen LogP contribution >= 0.6 is 0 Å². The van der Waals surface area contributed by atoms with Crippen LogP contribution in [0.4, 0.5) is 5.69 Å². The van der Waals surface area contributed by atoms with Gasteiger partial charge in [0.2, 0.25) is 0 Å². The molecule has 0 aliphatic carbocycles. The molecule has 0 N–H and O–H groups in total. The summed E-state index contributed by atoms with van der Waals surface area (Å²) in [6.07, 6.45) is 0. The first-order chi connectivity index (χ1) is 10.6. The third kappa shape index (κ3) is 3.50. The molecule has 2 heteroatoms. The minimum Gasteiger partial charge on any atom is -0.369 e. The van der Waals surface area contributed by atoms with Gasteiger partial charge in [-0.05, 0) is 49.6 Å². The Morgan fingerprint density at radius 1 is 0.909 bits per heavy atom. The molecule has 3 rings (SSSR count). The maximum absolute atomic E-state index is 3.95. The van der Waals surface area contributed by atoms with Crippen LogP contribution in [0.2, 0.25) is 0 Å². The summed E-state index contributed by atoms with van der Waals surface area (Å²) >= 11 is 0. The fraction of sp³-hybridized carbons (Fsp3) is 0.350. The van der Waals surface area contributed by atoms with Gasteiger partial charge in [-0.15, -0.1) is 0 Å². The van der Waals surface area contributed by atoms with Crippen LogP contribution in [0.5, 0.6) is 0 Å². The first kappa shape index (κ1) is 15.1. The zero-order valence-corrected chi connectivity index (χ0v) is 13.7. The van der Waals surface area contributed by atoms with Crippen molar-refractivity contribution in [1.29, 1.82) is 0 Å². The normalized spacial score (nSPS) is 16.0. The van der Waals surface area contributed by atoms with Crippen LogP contribution in [0.15, 0.2) is 42.5 Å². The Morgan fingerprint density at radius 2 is 1.59 bits per heavy atom. The van der Waals surface area contributed by atoms with Crippen molar-refractivity contribution < 1.29 is 0 Å². The second-order valence-corrected chi connectivity index (χ2v) is 6.36. The number of anilines is 1. The molecule has 0 atom stereocenters. The molecule has 115 valence electrons. The van der Waals surface area contributed by atoms with Gasteiger partial charge >= 0.3 is 0 Å². The maximum atomic E-state index is 3.95. The summed E-state index contributed by atoms with van der Waals surface area (Å²) in [5.41, 5.74) is 6.62. The maximum Gasteiger partial charge on any atom is 0.0367 e. The summed E-state index contributed by atoms with van der Waals surface area (Å²) in [6, 6.07) is 15.3. The number of hydrogen-bond acceptors (Lipinski definition) is 2. The van der Waals surface area contributed by atoms with E-state index in [9.17, 15) is 0 Å². The molecule has 0 spiro atoms. The topological polar surface area (TPSA) is 6.48 Å². The number of rotatable bonds is 3. The smallest absolute Gasteiger partial charge is 0.0367 e. The monoisotopic (exact) mass is 293 g/mol. The van der Waals surface area contributed by atoms with E-state index in [-0.39, 0.29) is 0 Å². The SMILES string of the molecule is [CH2]c1ccc(N2CCN(Cc3ccc(C)cc3C)CC2)cc1. The average Bonchev–Trinajstić information content (AvgIpc) is 2.52. The van der Waals surface area contributed by atoms with Crippen molar-refractivity contribution in [3.05, 3.63) is 71.6 Å². The van der Waals surface area contributed by atoms with E-state index in [2.05, 4.69) is 73.0 Å². The molecule has 22 heavy (non-hydrogen) atoms. The van der Waals surface area contributed by atoms with Crippen molar-refractivity contribution >= 4 is 5.69 Å². The molecule has 1 fully saturated rings. The Balaban J connectivity index is 1.58. The molecule has 0 amide bonds. The third-order valence-corrected chi connectivity index (χ3v) is 4.57. The molecule has 1 aliphatic rings. The fourth-order valence-corrected chi connectivity index (χ4v) is 3.14. The van der Waals surface area contributed by atoms with Gasteiger partial charge in [-0.3, -0.25) is 4.90 Å². The molecule has 1 heterocycles. The second kappa shape index (κ2) is 6.53. The van der Waals surface area contributed by atoms with Gasteiger partial charge < -0.3 is 4.90 Å². The molecule has 0 saturated carbocycles. The average molecular weight is 293 g/mol. The summed E-state index contributed by atoms with van der Waals surface area (Å²) in [5, 5.41) is 0. The Kier molecular flexibility index (Phi) is 4.49. The van der Waals surface area contributed by atoms with E-state index in [1.807, 2.05) is 0 Å². The van der Waals surface area contributed by atoms with Crippen molar-refractivity contribution in [2.24, 2.45) is 0 Å². The summed E-state index contributed by atoms with van der Waals surface area (Å²) < 4.78 is 0. The van der Waals surface area contributed by atoms with Crippen molar-refractivity contribution in [2.75, 3.05) is 31.1 Å². The zero-order valence-electron chi connectivity index (χ0n) is 13.7. The van der Waals surface area contributed by atoms with E-state index in [0.717, 1.165) is 38.3 Å². The summed E-state index contributed by atoms with van der Waals surface area (Å²) in [5.74, 6) is 0. The van der Waals surface area contributed by atoms with Crippen LogP contribution in [0, 0.1) is 20.8 Å². The first-order valence-electron chi connectivity index (χ1n) is 8.07.